The standard InChI is InChI=1S/C15H14ClNO/c16-14(15(18)17-13-7-8-13)12-6-5-10-3-1-2-4-11(10)9-12/h1-6,9,13-14H,7-8H2,(H,17,18). The Balaban J connectivity index is 1.85. The second-order valence-corrected chi connectivity index (χ2v) is 5.19. The molecule has 92 valence electrons. The molecule has 0 aromatic heterocycles. The van der Waals surface area contributed by atoms with E-state index in [0.717, 1.165) is 29.2 Å². The summed E-state index contributed by atoms with van der Waals surface area (Å²) in [6.07, 6.45) is 2.15. The quantitative estimate of drug-likeness (QED) is 0.841. The first-order valence-corrected chi connectivity index (χ1v) is 6.61. The molecule has 0 spiro atoms. The van der Waals surface area contributed by atoms with Gasteiger partial charge in [-0.25, -0.2) is 0 Å². The molecular formula is C15H14ClNO. The SMILES string of the molecule is O=C(NC1CC1)C(Cl)c1ccc2ccccc2c1. The van der Waals surface area contributed by atoms with Crippen molar-refractivity contribution < 1.29 is 4.79 Å². The van der Waals surface area contributed by atoms with Crippen LogP contribution in [0.3, 0.4) is 0 Å². The van der Waals surface area contributed by atoms with E-state index in [1.807, 2.05) is 42.5 Å². The molecule has 0 heterocycles. The fraction of sp³-hybridized carbons (Fsp3) is 0.267. The fourth-order valence-corrected chi connectivity index (χ4v) is 2.22. The molecule has 1 amide bonds. The minimum absolute atomic E-state index is 0.0885. The summed E-state index contributed by atoms with van der Waals surface area (Å²) in [4.78, 5) is 11.9. The maximum absolute atomic E-state index is 11.9. The van der Waals surface area contributed by atoms with Gasteiger partial charge in [-0.15, -0.1) is 11.6 Å². The lowest BCUT2D eigenvalue weighted by molar-refractivity contribution is -0.120. The van der Waals surface area contributed by atoms with Crippen LogP contribution >= 0.6 is 11.6 Å². The number of rotatable bonds is 3. The van der Waals surface area contributed by atoms with Gasteiger partial charge in [-0.3, -0.25) is 4.79 Å². The van der Waals surface area contributed by atoms with Crippen LogP contribution in [0.1, 0.15) is 23.8 Å². The van der Waals surface area contributed by atoms with Crippen LogP contribution in [0.15, 0.2) is 42.5 Å². The van der Waals surface area contributed by atoms with Crippen LogP contribution < -0.4 is 5.32 Å². The Hall–Kier alpha value is -1.54. The van der Waals surface area contributed by atoms with Crippen LogP contribution in [0.4, 0.5) is 0 Å². The van der Waals surface area contributed by atoms with Gasteiger partial charge >= 0.3 is 0 Å². The van der Waals surface area contributed by atoms with Crippen LogP contribution in [0.25, 0.3) is 10.8 Å². The van der Waals surface area contributed by atoms with Crippen LogP contribution in [-0.4, -0.2) is 11.9 Å². The molecule has 1 atom stereocenters. The summed E-state index contributed by atoms with van der Waals surface area (Å²) < 4.78 is 0. The molecule has 3 rings (SSSR count). The zero-order chi connectivity index (χ0) is 12.5. The van der Waals surface area contributed by atoms with Gasteiger partial charge in [0.05, 0.1) is 0 Å². The average Bonchev–Trinajstić information content (AvgIpc) is 3.21. The highest BCUT2D eigenvalue weighted by molar-refractivity contribution is 6.31. The molecular weight excluding hydrogens is 246 g/mol. The number of halogens is 1. The Morgan fingerprint density at radius 1 is 1.17 bits per heavy atom. The first kappa shape index (κ1) is 11.5. The average molecular weight is 260 g/mol. The van der Waals surface area contributed by atoms with Crippen molar-refractivity contribution >= 4 is 28.3 Å². The molecule has 1 aliphatic rings. The highest BCUT2D eigenvalue weighted by Gasteiger charge is 2.27. The van der Waals surface area contributed by atoms with Gasteiger partial charge in [0.25, 0.3) is 0 Å². The maximum Gasteiger partial charge on any atom is 0.242 e. The minimum atomic E-state index is -0.602. The highest BCUT2D eigenvalue weighted by atomic mass is 35.5. The molecule has 0 bridgehead atoms. The van der Waals surface area contributed by atoms with E-state index in [1.165, 1.54) is 0 Å². The first-order valence-electron chi connectivity index (χ1n) is 6.17. The largest absolute Gasteiger partial charge is 0.352 e. The molecule has 2 aromatic carbocycles. The van der Waals surface area contributed by atoms with Crippen LogP contribution in [0, 0.1) is 0 Å². The second kappa shape index (κ2) is 4.62. The van der Waals surface area contributed by atoms with Crippen molar-refractivity contribution in [2.75, 3.05) is 0 Å². The van der Waals surface area contributed by atoms with Gasteiger partial charge in [0.15, 0.2) is 0 Å². The fourth-order valence-electron chi connectivity index (χ4n) is 2.02. The monoisotopic (exact) mass is 259 g/mol. The van der Waals surface area contributed by atoms with E-state index in [2.05, 4.69) is 5.32 Å². The Labute approximate surface area is 111 Å². The third-order valence-electron chi connectivity index (χ3n) is 3.22. The normalized spacial score (nSPS) is 16.5. The van der Waals surface area contributed by atoms with Crippen molar-refractivity contribution in [1.29, 1.82) is 0 Å². The van der Waals surface area contributed by atoms with E-state index in [4.69, 9.17) is 11.6 Å². The molecule has 3 heteroatoms. The van der Waals surface area contributed by atoms with Gasteiger partial charge in [-0.2, -0.15) is 0 Å². The number of benzene rings is 2. The molecule has 2 aromatic rings. The highest BCUT2D eigenvalue weighted by Crippen LogP contribution is 2.27. The molecule has 18 heavy (non-hydrogen) atoms. The number of carbonyl (C=O) groups excluding carboxylic acids is 1. The molecule has 1 N–H and O–H groups in total. The van der Waals surface area contributed by atoms with Crippen molar-refractivity contribution in [2.45, 2.75) is 24.3 Å². The zero-order valence-corrected chi connectivity index (χ0v) is 10.7. The number of hydrogen-bond donors (Lipinski definition) is 1. The molecule has 0 aliphatic heterocycles. The summed E-state index contributed by atoms with van der Waals surface area (Å²) in [5.74, 6) is -0.0885. The van der Waals surface area contributed by atoms with E-state index < -0.39 is 5.38 Å². The number of amides is 1. The third kappa shape index (κ3) is 2.34. The summed E-state index contributed by atoms with van der Waals surface area (Å²) >= 11 is 6.22. The van der Waals surface area contributed by atoms with Gasteiger partial charge in [-0.1, -0.05) is 36.4 Å². The van der Waals surface area contributed by atoms with E-state index in [9.17, 15) is 4.79 Å². The van der Waals surface area contributed by atoms with E-state index in [-0.39, 0.29) is 5.91 Å². The Morgan fingerprint density at radius 2 is 1.89 bits per heavy atom. The van der Waals surface area contributed by atoms with Crippen molar-refractivity contribution in [3.8, 4) is 0 Å². The van der Waals surface area contributed by atoms with Crippen LogP contribution in [-0.2, 0) is 4.79 Å². The molecule has 1 aliphatic carbocycles. The van der Waals surface area contributed by atoms with Crippen molar-refractivity contribution in [1.82, 2.24) is 5.32 Å². The van der Waals surface area contributed by atoms with Gasteiger partial charge in [0.2, 0.25) is 5.91 Å². The maximum atomic E-state index is 11.9. The summed E-state index contributed by atoms with van der Waals surface area (Å²) in [5.41, 5.74) is 0.855. The molecule has 2 nitrogen and oxygen atoms in total. The number of nitrogens with one attached hydrogen (secondary N) is 1. The number of hydrogen-bond acceptors (Lipinski definition) is 1. The third-order valence-corrected chi connectivity index (χ3v) is 3.67. The van der Waals surface area contributed by atoms with Gasteiger partial charge in [0, 0.05) is 6.04 Å². The number of alkyl halides is 1. The first-order chi connectivity index (χ1) is 8.74. The molecule has 0 saturated heterocycles. The molecule has 1 unspecified atom stereocenters. The lowest BCUT2D eigenvalue weighted by Gasteiger charge is -2.11. The zero-order valence-electron chi connectivity index (χ0n) is 9.90. The molecule has 1 saturated carbocycles. The second-order valence-electron chi connectivity index (χ2n) is 4.75. The predicted octanol–water partition coefficient (Wildman–Crippen LogP) is 3.40. The number of carbonyl (C=O) groups is 1. The van der Waals surface area contributed by atoms with Crippen molar-refractivity contribution in [2.24, 2.45) is 0 Å². The predicted molar refractivity (Wildman–Crippen MR) is 73.7 cm³/mol. The van der Waals surface area contributed by atoms with Gasteiger partial charge in [-0.05, 0) is 35.2 Å². The Kier molecular flexibility index (Phi) is 2.96. The summed E-state index contributed by atoms with van der Waals surface area (Å²) in [5, 5.41) is 4.60. The van der Waals surface area contributed by atoms with Crippen molar-refractivity contribution in [3.05, 3.63) is 48.0 Å². The molecule has 1 fully saturated rings. The van der Waals surface area contributed by atoms with E-state index in [1.54, 1.807) is 0 Å². The lowest BCUT2D eigenvalue weighted by atomic mass is 10.0. The summed E-state index contributed by atoms with van der Waals surface area (Å²) in [6.45, 7) is 0. The van der Waals surface area contributed by atoms with Gasteiger partial charge in [0.1, 0.15) is 5.38 Å². The summed E-state index contributed by atoms with van der Waals surface area (Å²) in [7, 11) is 0. The van der Waals surface area contributed by atoms with Crippen molar-refractivity contribution in [3.63, 3.8) is 0 Å². The molecule has 0 radical (unpaired) electrons. The lowest BCUT2D eigenvalue weighted by Crippen LogP contribution is -2.28. The summed E-state index contributed by atoms with van der Waals surface area (Å²) in [6, 6.07) is 14.3. The van der Waals surface area contributed by atoms with Gasteiger partial charge < -0.3 is 5.32 Å². The van der Waals surface area contributed by atoms with E-state index >= 15 is 0 Å². The minimum Gasteiger partial charge on any atom is -0.352 e. The topological polar surface area (TPSA) is 29.1 Å². The van der Waals surface area contributed by atoms with Crippen LogP contribution in [0.5, 0.6) is 0 Å². The number of fused-ring (bicyclic) bond motifs is 1. The van der Waals surface area contributed by atoms with E-state index in [0.29, 0.717) is 6.04 Å². The smallest absolute Gasteiger partial charge is 0.242 e. The van der Waals surface area contributed by atoms with Crippen LogP contribution in [0.2, 0.25) is 0 Å². The Morgan fingerprint density at radius 3 is 2.61 bits per heavy atom. The Bertz CT molecular complexity index is 592.